The van der Waals surface area contributed by atoms with E-state index >= 15 is 0 Å². The number of carbonyl (C=O) groups is 1. The summed E-state index contributed by atoms with van der Waals surface area (Å²) < 4.78 is 0. The van der Waals surface area contributed by atoms with Crippen molar-refractivity contribution < 1.29 is 9.72 Å². The molecular weight excluding hydrogens is 254 g/mol. The third-order valence-corrected chi connectivity index (χ3v) is 3.10. The molecule has 0 saturated carbocycles. The Kier molecular flexibility index (Phi) is 5.14. The number of nitrogens with one attached hydrogen (secondary N) is 1. The molecular formula is C11H11N3O3S. The summed E-state index contributed by atoms with van der Waals surface area (Å²) in [7, 11) is 0. The summed E-state index contributed by atoms with van der Waals surface area (Å²) in [6.45, 7) is 2.36. The molecule has 0 atom stereocenters. The average molecular weight is 265 g/mol. The van der Waals surface area contributed by atoms with Crippen molar-refractivity contribution >= 4 is 23.4 Å². The lowest BCUT2D eigenvalue weighted by molar-refractivity contribution is -0.384. The van der Waals surface area contributed by atoms with Crippen LogP contribution in [0.2, 0.25) is 0 Å². The number of rotatable bonds is 5. The van der Waals surface area contributed by atoms with Crippen molar-refractivity contribution in [3.63, 3.8) is 0 Å². The van der Waals surface area contributed by atoms with Crippen molar-refractivity contribution in [3.05, 3.63) is 33.9 Å². The molecule has 0 unspecified atom stereocenters. The zero-order valence-corrected chi connectivity index (χ0v) is 10.5. The summed E-state index contributed by atoms with van der Waals surface area (Å²) in [5.74, 6) is 0.0464. The van der Waals surface area contributed by atoms with Crippen molar-refractivity contribution in [3.8, 4) is 6.07 Å². The molecule has 1 aromatic carbocycles. The molecule has 94 valence electrons. The highest BCUT2D eigenvalue weighted by Gasteiger charge is 2.12. The minimum Gasteiger partial charge on any atom is -0.356 e. The molecule has 7 heteroatoms. The van der Waals surface area contributed by atoms with Gasteiger partial charge in [-0.15, -0.1) is 11.8 Å². The molecule has 0 spiro atoms. The van der Waals surface area contributed by atoms with Gasteiger partial charge in [-0.25, -0.2) is 0 Å². The first-order valence-corrected chi connectivity index (χ1v) is 6.15. The number of hydrogen-bond donors (Lipinski definition) is 1. The Morgan fingerprint density at radius 2 is 2.33 bits per heavy atom. The van der Waals surface area contributed by atoms with E-state index in [2.05, 4.69) is 5.32 Å². The van der Waals surface area contributed by atoms with E-state index < -0.39 is 4.92 Å². The van der Waals surface area contributed by atoms with E-state index in [-0.39, 0.29) is 22.9 Å². The zero-order valence-electron chi connectivity index (χ0n) is 9.67. The Labute approximate surface area is 108 Å². The van der Waals surface area contributed by atoms with Gasteiger partial charge in [-0.1, -0.05) is 0 Å². The van der Waals surface area contributed by atoms with Crippen LogP contribution in [0.3, 0.4) is 0 Å². The largest absolute Gasteiger partial charge is 0.356 e. The molecule has 0 aliphatic rings. The number of hydrogen-bond acceptors (Lipinski definition) is 5. The van der Waals surface area contributed by atoms with Gasteiger partial charge in [0.15, 0.2) is 0 Å². The van der Waals surface area contributed by atoms with E-state index in [1.807, 2.05) is 13.0 Å². The van der Waals surface area contributed by atoms with Crippen molar-refractivity contribution in [1.29, 1.82) is 5.26 Å². The molecule has 0 bridgehead atoms. The number of nitrogens with zero attached hydrogens (tertiary/aromatic N) is 2. The summed E-state index contributed by atoms with van der Waals surface area (Å²) in [6.07, 6.45) is 0. The normalized spacial score (nSPS) is 9.56. The van der Waals surface area contributed by atoms with E-state index in [4.69, 9.17) is 5.26 Å². The molecule has 1 aromatic rings. The minimum atomic E-state index is -0.556. The summed E-state index contributed by atoms with van der Waals surface area (Å²) in [4.78, 5) is 21.8. The third kappa shape index (κ3) is 3.75. The predicted octanol–water partition coefficient (Wildman–Crippen LogP) is 1.69. The monoisotopic (exact) mass is 265 g/mol. The van der Waals surface area contributed by atoms with E-state index in [1.54, 1.807) is 0 Å². The van der Waals surface area contributed by atoms with Gasteiger partial charge in [0.2, 0.25) is 5.91 Å². The number of amides is 1. The van der Waals surface area contributed by atoms with Crippen LogP contribution in [0.15, 0.2) is 23.1 Å². The Hall–Kier alpha value is -2.07. The van der Waals surface area contributed by atoms with Gasteiger partial charge in [-0.2, -0.15) is 5.26 Å². The first-order valence-electron chi connectivity index (χ1n) is 5.16. The van der Waals surface area contributed by atoms with Gasteiger partial charge in [0.05, 0.1) is 16.2 Å². The lowest BCUT2D eigenvalue weighted by Crippen LogP contribution is -2.24. The van der Waals surface area contributed by atoms with Gasteiger partial charge >= 0.3 is 0 Å². The highest BCUT2D eigenvalue weighted by molar-refractivity contribution is 8.00. The molecule has 1 N–H and O–H groups in total. The zero-order chi connectivity index (χ0) is 13.5. The van der Waals surface area contributed by atoms with Gasteiger partial charge in [0, 0.05) is 23.6 Å². The summed E-state index contributed by atoms with van der Waals surface area (Å²) in [5, 5.41) is 22.1. The molecule has 0 aliphatic carbocycles. The molecule has 0 fully saturated rings. The Balaban J connectivity index is 2.81. The third-order valence-electron chi connectivity index (χ3n) is 2.03. The standard InChI is InChI=1S/C11H11N3O3S/c1-2-13-11(15)7-18-10-4-3-9(14(16)17)5-8(10)6-12/h3-5H,2,7H2,1H3,(H,13,15). The Morgan fingerprint density at radius 3 is 2.89 bits per heavy atom. The van der Waals surface area contributed by atoms with Crippen molar-refractivity contribution in [2.75, 3.05) is 12.3 Å². The molecule has 0 aromatic heterocycles. The topological polar surface area (TPSA) is 96.0 Å². The first kappa shape index (κ1) is 14.0. The van der Waals surface area contributed by atoms with E-state index in [1.165, 1.54) is 30.0 Å². The van der Waals surface area contributed by atoms with Crippen LogP contribution in [0.5, 0.6) is 0 Å². The smallest absolute Gasteiger partial charge is 0.270 e. The molecule has 0 heterocycles. The fourth-order valence-electron chi connectivity index (χ4n) is 1.24. The summed E-state index contributed by atoms with van der Waals surface area (Å²) in [5.41, 5.74) is 0.0763. The van der Waals surface area contributed by atoms with Gasteiger partial charge in [0.1, 0.15) is 6.07 Å². The summed E-state index contributed by atoms with van der Waals surface area (Å²) in [6, 6.07) is 5.91. The van der Waals surface area contributed by atoms with Gasteiger partial charge in [0.25, 0.3) is 5.69 Å². The molecule has 0 saturated heterocycles. The minimum absolute atomic E-state index is 0.131. The summed E-state index contributed by atoms with van der Waals surface area (Å²) >= 11 is 1.18. The van der Waals surface area contributed by atoms with Gasteiger partial charge < -0.3 is 5.32 Å². The first-order chi connectivity index (χ1) is 8.58. The Bertz CT molecular complexity index is 511. The van der Waals surface area contributed by atoms with Gasteiger partial charge in [-0.05, 0) is 13.0 Å². The lowest BCUT2D eigenvalue weighted by atomic mass is 10.2. The van der Waals surface area contributed by atoms with Crippen LogP contribution in [-0.4, -0.2) is 23.1 Å². The van der Waals surface area contributed by atoms with Crippen molar-refractivity contribution in [2.24, 2.45) is 0 Å². The van der Waals surface area contributed by atoms with Crippen LogP contribution in [0.1, 0.15) is 12.5 Å². The van der Waals surface area contributed by atoms with E-state index in [9.17, 15) is 14.9 Å². The van der Waals surface area contributed by atoms with Crippen LogP contribution in [0.25, 0.3) is 0 Å². The number of carbonyl (C=O) groups excluding carboxylic acids is 1. The van der Waals surface area contributed by atoms with Crippen LogP contribution >= 0.6 is 11.8 Å². The SMILES string of the molecule is CCNC(=O)CSc1ccc([N+](=O)[O-])cc1C#N. The second-order valence-corrected chi connectivity index (χ2v) is 4.31. The number of nitro groups is 1. The predicted molar refractivity (Wildman–Crippen MR) is 67.2 cm³/mol. The highest BCUT2D eigenvalue weighted by atomic mass is 32.2. The van der Waals surface area contributed by atoms with Crippen LogP contribution in [0.4, 0.5) is 5.69 Å². The van der Waals surface area contributed by atoms with Crippen LogP contribution in [-0.2, 0) is 4.79 Å². The maximum Gasteiger partial charge on any atom is 0.270 e. The molecule has 1 rings (SSSR count). The van der Waals surface area contributed by atoms with Gasteiger partial charge in [-0.3, -0.25) is 14.9 Å². The fourth-order valence-corrected chi connectivity index (χ4v) is 2.05. The fraction of sp³-hybridized carbons (Fsp3) is 0.273. The molecule has 1 amide bonds. The van der Waals surface area contributed by atoms with Crippen LogP contribution in [0, 0.1) is 21.4 Å². The second-order valence-electron chi connectivity index (χ2n) is 3.29. The maximum atomic E-state index is 11.3. The van der Waals surface area contributed by atoms with Crippen molar-refractivity contribution in [1.82, 2.24) is 5.32 Å². The number of non-ortho nitro benzene ring substituents is 1. The van der Waals surface area contributed by atoms with E-state index in [0.717, 1.165) is 0 Å². The maximum absolute atomic E-state index is 11.3. The second kappa shape index (κ2) is 6.61. The molecule has 18 heavy (non-hydrogen) atoms. The molecule has 6 nitrogen and oxygen atoms in total. The number of nitriles is 1. The highest BCUT2D eigenvalue weighted by Crippen LogP contribution is 2.25. The quantitative estimate of drug-likeness (QED) is 0.496. The van der Waals surface area contributed by atoms with E-state index in [0.29, 0.717) is 11.4 Å². The number of benzene rings is 1. The average Bonchev–Trinajstić information content (AvgIpc) is 2.36. The molecule has 0 aliphatic heterocycles. The van der Waals surface area contributed by atoms with Crippen LogP contribution < -0.4 is 5.32 Å². The number of nitro benzene ring substituents is 1. The number of thioether (sulfide) groups is 1. The Morgan fingerprint density at radius 1 is 1.61 bits per heavy atom. The lowest BCUT2D eigenvalue weighted by Gasteiger charge is -2.04. The molecule has 0 radical (unpaired) electrons. The van der Waals surface area contributed by atoms with Crippen molar-refractivity contribution in [2.45, 2.75) is 11.8 Å².